The van der Waals surface area contributed by atoms with Crippen molar-refractivity contribution in [2.75, 3.05) is 30.4 Å². The van der Waals surface area contributed by atoms with Gasteiger partial charge in [0.1, 0.15) is 23.3 Å². The molecule has 2 aromatic heterocycles. The van der Waals surface area contributed by atoms with Crippen LogP contribution in [0.25, 0.3) is 0 Å². The first kappa shape index (κ1) is 12.0. The van der Waals surface area contributed by atoms with Gasteiger partial charge in [-0.05, 0) is 19.1 Å². The quantitative estimate of drug-likeness (QED) is 0.770. The van der Waals surface area contributed by atoms with Crippen molar-refractivity contribution in [3.8, 4) is 0 Å². The van der Waals surface area contributed by atoms with Crippen LogP contribution in [0.5, 0.6) is 0 Å². The van der Waals surface area contributed by atoms with Crippen LogP contribution in [0.1, 0.15) is 5.82 Å². The predicted molar refractivity (Wildman–Crippen MR) is 75.9 cm³/mol. The molecule has 6 heteroatoms. The molecule has 0 spiro atoms. The van der Waals surface area contributed by atoms with Crippen LogP contribution in [0.4, 0.5) is 17.5 Å². The summed E-state index contributed by atoms with van der Waals surface area (Å²) in [7, 11) is 1.99. The maximum Gasteiger partial charge on any atom is 0.139 e. The maximum absolute atomic E-state index is 4.48. The van der Waals surface area contributed by atoms with Crippen LogP contribution in [0.3, 0.4) is 0 Å². The lowest BCUT2D eigenvalue weighted by Gasteiger charge is -2.29. The van der Waals surface area contributed by atoms with Crippen molar-refractivity contribution in [1.29, 1.82) is 0 Å². The number of aromatic nitrogens is 3. The largest absolute Gasteiger partial charge is 0.365 e. The molecule has 0 radical (unpaired) electrons. The number of aromatic amines is 1. The van der Waals surface area contributed by atoms with E-state index in [0.29, 0.717) is 6.04 Å². The predicted octanol–water partition coefficient (Wildman–Crippen LogP) is 1.26. The number of anilines is 3. The molecule has 100 valence electrons. The van der Waals surface area contributed by atoms with E-state index in [1.165, 1.54) is 0 Å². The molecule has 6 nitrogen and oxygen atoms in total. The molecule has 0 bridgehead atoms. The summed E-state index contributed by atoms with van der Waals surface area (Å²) in [5.74, 6) is 3.54. The van der Waals surface area contributed by atoms with Gasteiger partial charge in [-0.2, -0.15) is 0 Å². The highest BCUT2D eigenvalue weighted by atomic mass is 15.2. The summed E-state index contributed by atoms with van der Waals surface area (Å²) < 4.78 is 0. The van der Waals surface area contributed by atoms with Crippen molar-refractivity contribution in [3.63, 3.8) is 0 Å². The molecule has 0 aromatic carbocycles. The molecule has 0 aliphatic carbocycles. The maximum atomic E-state index is 4.48. The Balaban J connectivity index is 1.84. The number of hydrogen-bond acceptors (Lipinski definition) is 5. The normalized spacial score (nSPS) is 15.1. The van der Waals surface area contributed by atoms with Gasteiger partial charge in [0.05, 0.1) is 6.04 Å². The monoisotopic (exact) mass is 258 g/mol. The first-order chi connectivity index (χ1) is 9.22. The second kappa shape index (κ2) is 4.89. The number of nitrogens with zero attached hydrogens (tertiary/aromatic N) is 3. The first-order valence-electron chi connectivity index (χ1n) is 6.42. The molecule has 0 unspecified atom stereocenters. The Morgan fingerprint density at radius 1 is 1.37 bits per heavy atom. The second-order valence-corrected chi connectivity index (χ2v) is 4.77. The minimum Gasteiger partial charge on any atom is -0.365 e. The highest BCUT2D eigenvalue weighted by Crippen LogP contribution is 2.22. The molecule has 0 amide bonds. The summed E-state index contributed by atoms with van der Waals surface area (Å²) in [4.78, 5) is 14.1. The molecule has 3 N–H and O–H groups in total. The van der Waals surface area contributed by atoms with Crippen LogP contribution in [-0.2, 0) is 0 Å². The Labute approximate surface area is 112 Å². The zero-order valence-electron chi connectivity index (χ0n) is 11.1. The molecule has 1 fully saturated rings. The minimum absolute atomic E-state index is 0.470. The molecule has 2 aromatic rings. The average molecular weight is 258 g/mol. The summed E-state index contributed by atoms with van der Waals surface area (Å²) in [5, 5.41) is 6.64. The topological polar surface area (TPSA) is 68.9 Å². The van der Waals surface area contributed by atoms with E-state index in [4.69, 9.17) is 0 Å². The summed E-state index contributed by atoms with van der Waals surface area (Å²) in [5.41, 5.74) is 0. The standard InChI is InChI=1S/C13H18N6/c1-9-16-11(18-10-7-14-8-10)6-13(17-9)19(2)12-4-3-5-15-12/h3-6,10,14-15H,7-8H2,1-2H3,(H,16,17,18). The van der Waals surface area contributed by atoms with Crippen LogP contribution in [0.15, 0.2) is 24.4 Å². The summed E-state index contributed by atoms with van der Waals surface area (Å²) in [6, 6.07) is 6.43. The SMILES string of the molecule is Cc1nc(NC2CNC2)cc(N(C)c2ccc[nH]2)n1. The molecular weight excluding hydrogens is 240 g/mol. The van der Waals surface area contributed by atoms with Crippen LogP contribution in [0, 0.1) is 6.92 Å². The Morgan fingerprint density at radius 2 is 2.21 bits per heavy atom. The van der Waals surface area contributed by atoms with Gasteiger partial charge in [-0.25, -0.2) is 9.97 Å². The Bertz CT molecular complexity index is 546. The third-order valence-corrected chi connectivity index (χ3v) is 3.24. The van der Waals surface area contributed by atoms with Crippen LogP contribution in [0.2, 0.25) is 0 Å². The van der Waals surface area contributed by atoms with Gasteiger partial charge in [0.15, 0.2) is 0 Å². The van der Waals surface area contributed by atoms with E-state index in [1.54, 1.807) is 0 Å². The zero-order chi connectivity index (χ0) is 13.2. The van der Waals surface area contributed by atoms with Crippen molar-refractivity contribution < 1.29 is 0 Å². The Kier molecular flexibility index (Phi) is 3.08. The van der Waals surface area contributed by atoms with Gasteiger partial charge in [-0.15, -0.1) is 0 Å². The van der Waals surface area contributed by atoms with E-state index in [-0.39, 0.29) is 0 Å². The molecule has 19 heavy (non-hydrogen) atoms. The number of rotatable bonds is 4. The molecule has 0 saturated carbocycles. The second-order valence-electron chi connectivity index (χ2n) is 4.77. The van der Waals surface area contributed by atoms with Crippen molar-refractivity contribution in [1.82, 2.24) is 20.3 Å². The fourth-order valence-electron chi connectivity index (χ4n) is 2.05. The number of H-pyrrole nitrogens is 1. The third-order valence-electron chi connectivity index (χ3n) is 3.24. The van der Waals surface area contributed by atoms with Crippen LogP contribution < -0.4 is 15.5 Å². The van der Waals surface area contributed by atoms with Gasteiger partial charge < -0.3 is 20.5 Å². The van der Waals surface area contributed by atoms with Crippen molar-refractivity contribution in [3.05, 3.63) is 30.2 Å². The molecule has 3 heterocycles. The molecule has 1 aliphatic heterocycles. The van der Waals surface area contributed by atoms with Gasteiger partial charge in [0.25, 0.3) is 0 Å². The molecule has 0 atom stereocenters. The third kappa shape index (κ3) is 2.53. The van der Waals surface area contributed by atoms with Crippen molar-refractivity contribution >= 4 is 17.5 Å². The molecule has 3 rings (SSSR count). The van der Waals surface area contributed by atoms with Crippen molar-refractivity contribution in [2.45, 2.75) is 13.0 Å². The number of aryl methyl sites for hydroxylation is 1. The smallest absolute Gasteiger partial charge is 0.139 e. The zero-order valence-corrected chi connectivity index (χ0v) is 11.1. The molecular formula is C13H18N6. The summed E-state index contributed by atoms with van der Waals surface area (Å²) in [6.45, 7) is 3.89. The lowest BCUT2D eigenvalue weighted by molar-refractivity contribution is 0.471. The van der Waals surface area contributed by atoms with Crippen molar-refractivity contribution in [2.24, 2.45) is 0 Å². The van der Waals surface area contributed by atoms with Crippen LogP contribution >= 0.6 is 0 Å². The lowest BCUT2D eigenvalue weighted by Crippen LogP contribution is -2.51. The van der Waals surface area contributed by atoms with E-state index in [1.807, 2.05) is 43.3 Å². The summed E-state index contributed by atoms with van der Waals surface area (Å²) >= 11 is 0. The van der Waals surface area contributed by atoms with Gasteiger partial charge in [0.2, 0.25) is 0 Å². The molecule has 1 aliphatic rings. The van der Waals surface area contributed by atoms with Crippen LogP contribution in [-0.4, -0.2) is 41.1 Å². The molecule has 1 saturated heterocycles. The summed E-state index contributed by atoms with van der Waals surface area (Å²) in [6.07, 6.45) is 1.90. The highest BCUT2D eigenvalue weighted by molar-refractivity contribution is 5.59. The lowest BCUT2D eigenvalue weighted by atomic mass is 10.2. The first-order valence-corrected chi connectivity index (χ1v) is 6.42. The van der Waals surface area contributed by atoms with Gasteiger partial charge in [-0.3, -0.25) is 0 Å². The van der Waals surface area contributed by atoms with E-state index in [9.17, 15) is 0 Å². The Hall–Kier alpha value is -2.08. The fourth-order valence-corrected chi connectivity index (χ4v) is 2.05. The van der Waals surface area contributed by atoms with Gasteiger partial charge in [-0.1, -0.05) is 0 Å². The Morgan fingerprint density at radius 3 is 2.84 bits per heavy atom. The van der Waals surface area contributed by atoms with E-state index in [2.05, 4.69) is 25.6 Å². The number of nitrogens with one attached hydrogen (secondary N) is 3. The minimum atomic E-state index is 0.470. The highest BCUT2D eigenvalue weighted by Gasteiger charge is 2.17. The fraction of sp³-hybridized carbons (Fsp3) is 0.385. The number of hydrogen-bond donors (Lipinski definition) is 3. The van der Waals surface area contributed by atoms with Gasteiger partial charge in [0, 0.05) is 32.4 Å². The average Bonchev–Trinajstić information content (AvgIpc) is 2.86. The van der Waals surface area contributed by atoms with E-state index in [0.717, 1.165) is 36.4 Å². The van der Waals surface area contributed by atoms with E-state index < -0.39 is 0 Å². The van der Waals surface area contributed by atoms with E-state index >= 15 is 0 Å². The van der Waals surface area contributed by atoms with Gasteiger partial charge >= 0.3 is 0 Å².